The molecule has 0 amide bonds. The number of allylic oxidation sites excluding steroid dienone is 2. The third-order valence-corrected chi connectivity index (χ3v) is 5.35. The maximum absolute atomic E-state index is 11.1. The van der Waals surface area contributed by atoms with Crippen LogP contribution in [0.5, 0.6) is 0 Å². The summed E-state index contributed by atoms with van der Waals surface area (Å²) in [6, 6.07) is 9.43. The molecule has 0 saturated heterocycles. The average molecular weight is 413 g/mol. The van der Waals surface area contributed by atoms with Crippen LogP contribution in [0.3, 0.4) is 0 Å². The highest BCUT2D eigenvalue weighted by molar-refractivity contribution is 5.69. The fourth-order valence-corrected chi connectivity index (χ4v) is 3.60. The molecule has 1 saturated carbocycles. The molecule has 1 aliphatic carbocycles. The highest BCUT2D eigenvalue weighted by Crippen LogP contribution is 2.36. The fraction of sp³-hybridized carbons (Fsp3) is 0.480. The van der Waals surface area contributed by atoms with E-state index in [1.165, 1.54) is 7.11 Å². The first-order chi connectivity index (χ1) is 14.3. The Hall–Kier alpha value is -2.39. The zero-order chi connectivity index (χ0) is 22.0. The van der Waals surface area contributed by atoms with Crippen LogP contribution in [0.4, 0.5) is 0 Å². The number of esters is 1. The first-order valence-electron chi connectivity index (χ1n) is 10.4. The highest BCUT2D eigenvalue weighted by atomic mass is 16.5. The number of carbonyl (C=O) groups excluding carboxylic acids is 1. The number of rotatable bonds is 8. The molecule has 5 nitrogen and oxygen atoms in total. The van der Waals surface area contributed by atoms with Gasteiger partial charge in [-0.05, 0) is 50.3 Å². The summed E-state index contributed by atoms with van der Waals surface area (Å²) in [5, 5.41) is 31.3. The van der Waals surface area contributed by atoms with E-state index in [1.807, 2.05) is 42.5 Å². The molecule has 162 valence electrons. The van der Waals surface area contributed by atoms with Crippen molar-refractivity contribution in [1.29, 1.82) is 0 Å². The number of aliphatic hydroxyl groups excluding tert-OH is 2. The monoisotopic (exact) mass is 412 g/mol. The van der Waals surface area contributed by atoms with Crippen LogP contribution >= 0.6 is 0 Å². The molecule has 30 heavy (non-hydrogen) atoms. The van der Waals surface area contributed by atoms with E-state index in [4.69, 9.17) is 0 Å². The predicted molar refractivity (Wildman–Crippen MR) is 116 cm³/mol. The number of hydrogen-bond acceptors (Lipinski definition) is 5. The second-order valence-corrected chi connectivity index (χ2v) is 7.91. The molecular formula is C25H32O5. The summed E-state index contributed by atoms with van der Waals surface area (Å²) in [4.78, 5) is 11.1. The van der Waals surface area contributed by atoms with Gasteiger partial charge < -0.3 is 20.1 Å². The van der Waals surface area contributed by atoms with Crippen LogP contribution in [0.1, 0.15) is 44.6 Å². The fourth-order valence-electron chi connectivity index (χ4n) is 3.60. The SMILES string of the molecule is COC(=O)CCC/C=C\C[C@@H]1[C@@H](/C=C/[C@](C)(O)C#Cc2ccccc2)[C@H](O)C[C@@H]1O. The van der Waals surface area contributed by atoms with Crippen molar-refractivity contribution < 1.29 is 24.9 Å². The lowest BCUT2D eigenvalue weighted by molar-refractivity contribution is -0.140. The second kappa shape index (κ2) is 11.7. The topological polar surface area (TPSA) is 87.0 Å². The van der Waals surface area contributed by atoms with Crippen LogP contribution < -0.4 is 0 Å². The highest BCUT2D eigenvalue weighted by Gasteiger charge is 2.39. The van der Waals surface area contributed by atoms with E-state index in [9.17, 15) is 20.1 Å². The van der Waals surface area contributed by atoms with E-state index < -0.39 is 17.8 Å². The molecule has 5 heteroatoms. The van der Waals surface area contributed by atoms with Crippen LogP contribution in [0.25, 0.3) is 0 Å². The molecule has 1 aromatic rings. The molecule has 1 aromatic carbocycles. The van der Waals surface area contributed by atoms with Crippen LogP contribution in [0.2, 0.25) is 0 Å². The van der Waals surface area contributed by atoms with E-state index >= 15 is 0 Å². The average Bonchev–Trinajstić information content (AvgIpc) is 3.00. The molecule has 5 atom stereocenters. The van der Waals surface area contributed by atoms with Crippen molar-refractivity contribution >= 4 is 5.97 Å². The standard InChI is InChI=1S/C25H32O5/c1-25(29,16-14-19-10-6-5-7-11-19)17-15-21-20(22(26)18-23(21)27)12-8-3-4-9-13-24(28)30-2/h3,5-8,10-11,15,17,20-23,26-27,29H,4,9,12-13,18H2,1-2H3/b8-3-,17-15+/t20-,21-,22+,23-,25-/m1/s1. The molecular weight excluding hydrogens is 380 g/mol. The Morgan fingerprint density at radius 3 is 2.67 bits per heavy atom. The van der Waals surface area contributed by atoms with Crippen LogP contribution in [-0.4, -0.2) is 46.2 Å². The van der Waals surface area contributed by atoms with Gasteiger partial charge >= 0.3 is 5.97 Å². The maximum Gasteiger partial charge on any atom is 0.305 e. The Kier molecular flexibility index (Phi) is 9.32. The van der Waals surface area contributed by atoms with Gasteiger partial charge in [-0.15, -0.1) is 0 Å². The van der Waals surface area contributed by atoms with Gasteiger partial charge in [0.05, 0.1) is 19.3 Å². The van der Waals surface area contributed by atoms with Gasteiger partial charge in [-0.25, -0.2) is 0 Å². The Labute approximate surface area is 179 Å². The third kappa shape index (κ3) is 7.79. The lowest BCUT2D eigenvalue weighted by Crippen LogP contribution is -2.23. The number of carbonyl (C=O) groups is 1. The third-order valence-electron chi connectivity index (χ3n) is 5.35. The lowest BCUT2D eigenvalue weighted by Gasteiger charge is -2.20. The summed E-state index contributed by atoms with van der Waals surface area (Å²) in [6.07, 6.45) is 8.86. The number of methoxy groups -OCH3 is 1. The Bertz CT molecular complexity index is 785. The van der Waals surface area contributed by atoms with Crippen LogP contribution in [-0.2, 0) is 9.53 Å². The van der Waals surface area contributed by atoms with Crippen molar-refractivity contribution in [2.24, 2.45) is 11.8 Å². The van der Waals surface area contributed by atoms with Crippen molar-refractivity contribution in [2.75, 3.05) is 7.11 Å². The molecule has 0 aromatic heterocycles. The Balaban J connectivity index is 1.94. The number of unbranched alkanes of at least 4 members (excludes halogenated alkanes) is 1. The summed E-state index contributed by atoms with van der Waals surface area (Å²) in [5.41, 5.74) is -0.519. The van der Waals surface area contributed by atoms with Gasteiger partial charge in [0.25, 0.3) is 0 Å². The number of hydrogen-bond donors (Lipinski definition) is 3. The molecule has 3 N–H and O–H groups in total. The van der Waals surface area contributed by atoms with E-state index in [0.717, 1.165) is 12.0 Å². The zero-order valence-electron chi connectivity index (χ0n) is 17.7. The van der Waals surface area contributed by atoms with Gasteiger partial charge in [0.1, 0.15) is 5.60 Å². The van der Waals surface area contributed by atoms with Gasteiger partial charge in [0.2, 0.25) is 0 Å². The minimum atomic E-state index is -1.34. The van der Waals surface area contributed by atoms with E-state index in [1.54, 1.807) is 19.1 Å². The van der Waals surface area contributed by atoms with Crippen molar-refractivity contribution in [1.82, 2.24) is 0 Å². The van der Waals surface area contributed by atoms with Crippen molar-refractivity contribution in [3.05, 3.63) is 60.2 Å². The first kappa shape index (κ1) is 23.9. The van der Waals surface area contributed by atoms with Crippen LogP contribution in [0.15, 0.2) is 54.6 Å². The summed E-state index contributed by atoms with van der Waals surface area (Å²) in [5.74, 6) is 5.18. The van der Waals surface area contributed by atoms with E-state index in [0.29, 0.717) is 25.7 Å². The maximum atomic E-state index is 11.1. The largest absolute Gasteiger partial charge is 0.469 e. The zero-order valence-corrected chi connectivity index (χ0v) is 17.7. The Morgan fingerprint density at radius 1 is 1.23 bits per heavy atom. The Morgan fingerprint density at radius 2 is 1.97 bits per heavy atom. The number of aliphatic hydroxyl groups is 3. The molecule has 0 aliphatic heterocycles. The summed E-state index contributed by atoms with van der Waals surface area (Å²) >= 11 is 0. The van der Waals surface area contributed by atoms with Gasteiger partial charge in [-0.2, -0.15) is 0 Å². The van der Waals surface area contributed by atoms with E-state index in [-0.39, 0.29) is 17.8 Å². The molecule has 0 unspecified atom stereocenters. The van der Waals surface area contributed by atoms with Gasteiger partial charge in [0, 0.05) is 24.3 Å². The smallest absolute Gasteiger partial charge is 0.305 e. The van der Waals surface area contributed by atoms with Crippen molar-refractivity contribution in [3.8, 4) is 11.8 Å². The summed E-state index contributed by atoms with van der Waals surface area (Å²) in [6.45, 7) is 1.60. The molecule has 0 spiro atoms. The molecule has 1 aliphatic rings. The molecule has 2 rings (SSSR count). The van der Waals surface area contributed by atoms with Gasteiger partial charge in [0.15, 0.2) is 0 Å². The minimum Gasteiger partial charge on any atom is -0.469 e. The molecule has 0 radical (unpaired) electrons. The molecule has 0 bridgehead atoms. The van der Waals surface area contributed by atoms with Crippen molar-refractivity contribution in [2.45, 2.75) is 56.8 Å². The van der Waals surface area contributed by atoms with Gasteiger partial charge in [-0.1, -0.05) is 48.3 Å². The van der Waals surface area contributed by atoms with Crippen molar-refractivity contribution in [3.63, 3.8) is 0 Å². The normalized spacial score (nSPS) is 25.8. The number of ether oxygens (including phenoxy) is 1. The lowest BCUT2D eigenvalue weighted by atomic mass is 9.88. The molecule has 1 fully saturated rings. The quantitative estimate of drug-likeness (QED) is 0.264. The minimum absolute atomic E-state index is 0.133. The van der Waals surface area contributed by atoms with E-state index in [2.05, 4.69) is 16.6 Å². The molecule has 0 heterocycles. The number of benzene rings is 1. The predicted octanol–water partition coefficient (Wildman–Crippen LogP) is 2.99. The second-order valence-electron chi connectivity index (χ2n) is 7.91. The summed E-state index contributed by atoms with van der Waals surface area (Å²) in [7, 11) is 1.38. The van der Waals surface area contributed by atoms with Gasteiger partial charge in [-0.3, -0.25) is 4.79 Å². The van der Waals surface area contributed by atoms with Crippen LogP contribution in [0, 0.1) is 23.7 Å². The summed E-state index contributed by atoms with van der Waals surface area (Å²) < 4.78 is 4.61. The first-order valence-corrected chi connectivity index (χ1v) is 10.4.